The van der Waals surface area contributed by atoms with Crippen molar-refractivity contribution >= 4 is 23.2 Å². The maximum absolute atomic E-state index is 12.8. The molecule has 0 aliphatic rings. The Kier molecular flexibility index (Phi) is 5.30. The van der Waals surface area contributed by atoms with Gasteiger partial charge in [-0.2, -0.15) is 13.2 Å². The number of alkyl halides is 3. The lowest BCUT2D eigenvalue weighted by molar-refractivity contribution is -0.137. The van der Waals surface area contributed by atoms with Crippen molar-refractivity contribution in [1.29, 1.82) is 0 Å². The summed E-state index contributed by atoms with van der Waals surface area (Å²) in [4.78, 5) is 20.4. The fourth-order valence-electron chi connectivity index (χ4n) is 2.43. The van der Waals surface area contributed by atoms with Gasteiger partial charge in [0, 0.05) is 23.8 Å². The van der Waals surface area contributed by atoms with Gasteiger partial charge in [0.2, 0.25) is 5.95 Å². The number of benzene rings is 2. The van der Waals surface area contributed by atoms with Crippen molar-refractivity contribution in [2.24, 2.45) is 0 Å². The van der Waals surface area contributed by atoms with Crippen LogP contribution in [0.1, 0.15) is 27.0 Å². The van der Waals surface area contributed by atoms with Gasteiger partial charge < -0.3 is 10.6 Å². The summed E-state index contributed by atoms with van der Waals surface area (Å²) in [5.41, 5.74) is 2.41. The number of halogens is 3. The zero-order valence-electron chi connectivity index (χ0n) is 15.1. The van der Waals surface area contributed by atoms with Gasteiger partial charge in [0.25, 0.3) is 5.91 Å². The lowest BCUT2D eigenvalue weighted by Crippen LogP contribution is -2.14. The van der Waals surface area contributed by atoms with Crippen molar-refractivity contribution in [3.05, 3.63) is 77.1 Å². The molecule has 0 fully saturated rings. The summed E-state index contributed by atoms with van der Waals surface area (Å²) in [6, 6.07) is 10.2. The first-order valence-corrected chi connectivity index (χ1v) is 8.37. The van der Waals surface area contributed by atoms with Crippen LogP contribution in [0.25, 0.3) is 0 Å². The first-order chi connectivity index (χ1) is 13.2. The zero-order chi connectivity index (χ0) is 20.3. The van der Waals surface area contributed by atoms with E-state index >= 15 is 0 Å². The molecule has 3 aromatic rings. The summed E-state index contributed by atoms with van der Waals surface area (Å²) in [6.45, 7) is 4.00. The number of rotatable bonds is 4. The van der Waals surface area contributed by atoms with Gasteiger partial charge in [-0.3, -0.25) is 4.79 Å². The van der Waals surface area contributed by atoms with Crippen LogP contribution in [0.5, 0.6) is 0 Å². The van der Waals surface area contributed by atoms with Crippen molar-refractivity contribution in [3.63, 3.8) is 0 Å². The number of carbonyl (C=O) groups excluding carboxylic acids is 1. The SMILES string of the molecule is Cc1ccc(Nc2ncc(C(=O)Nc3cccc(C(F)(F)F)c3)cn2)cc1C. The highest BCUT2D eigenvalue weighted by Crippen LogP contribution is 2.30. The number of hydrogen-bond acceptors (Lipinski definition) is 4. The Hall–Kier alpha value is -3.42. The topological polar surface area (TPSA) is 66.9 Å². The minimum atomic E-state index is -4.48. The summed E-state index contributed by atoms with van der Waals surface area (Å²) >= 11 is 0. The van der Waals surface area contributed by atoms with E-state index in [9.17, 15) is 18.0 Å². The number of nitrogens with zero attached hydrogens (tertiary/aromatic N) is 2. The van der Waals surface area contributed by atoms with E-state index in [1.165, 1.54) is 24.5 Å². The second-order valence-corrected chi connectivity index (χ2v) is 6.25. The molecule has 0 aliphatic heterocycles. The van der Waals surface area contributed by atoms with Crippen LogP contribution in [-0.4, -0.2) is 15.9 Å². The van der Waals surface area contributed by atoms with Crippen LogP contribution in [0.4, 0.5) is 30.5 Å². The minimum Gasteiger partial charge on any atom is -0.324 e. The Morgan fingerprint density at radius 3 is 2.29 bits per heavy atom. The van der Waals surface area contributed by atoms with E-state index in [-0.39, 0.29) is 11.3 Å². The molecule has 2 aromatic carbocycles. The van der Waals surface area contributed by atoms with Crippen LogP contribution < -0.4 is 10.6 Å². The Labute approximate surface area is 159 Å². The molecule has 0 bridgehead atoms. The minimum absolute atomic E-state index is 0.0390. The normalized spacial score (nSPS) is 11.2. The fourth-order valence-corrected chi connectivity index (χ4v) is 2.43. The highest BCUT2D eigenvalue weighted by atomic mass is 19.4. The molecule has 144 valence electrons. The Morgan fingerprint density at radius 1 is 0.929 bits per heavy atom. The number of hydrogen-bond donors (Lipinski definition) is 2. The molecular formula is C20H17F3N4O. The van der Waals surface area contributed by atoms with Gasteiger partial charge >= 0.3 is 6.18 Å². The molecule has 1 aromatic heterocycles. The Morgan fingerprint density at radius 2 is 1.64 bits per heavy atom. The third kappa shape index (κ3) is 4.64. The third-order valence-corrected chi connectivity index (χ3v) is 4.12. The summed E-state index contributed by atoms with van der Waals surface area (Å²) < 4.78 is 38.3. The molecule has 1 heterocycles. The van der Waals surface area contributed by atoms with E-state index in [1.807, 2.05) is 32.0 Å². The second kappa shape index (κ2) is 7.67. The average molecular weight is 386 g/mol. The number of aryl methyl sites for hydroxylation is 2. The van der Waals surface area contributed by atoms with Crippen LogP contribution >= 0.6 is 0 Å². The monoisotopic (exact) mass is 386 g/mol. The molecule has 28 heavy (non-hydrogen) atoms. The highest BCUT2D eigenvalue weighted by Gasteiger charge is 2.30. The van der Waals surface area contributed by atoms with E-state index < -0.39 is 17.6 Å². The molecular weight excluding hydrogens is 369 g/mol. The highest BCUT2D eigenvalue weighted by molar-refractivity contribution is 6.03. The number of anilines is 3. The predicted octanol–water partition coefficient (Wildman–Crippen LogP) is 5.11. The average Bonchev–Trinajstić information content (AvgIpc) is 2.65. The van der Waals surface area contributed by atoms with Crippen LogP contribution in [-0.2, 0) is 6.18 Å². The van der Waals surface area contributed by atoms with Crippen molar-refractivity contribution < 1.29 is 18.0 Å². The van der Waals surface area contributed by atoms with Crippen molar-refractivity contribution in [3.8, 4) is 0 Å². The van der Waals surface area contributed by atoms with Gasteiger partial charge in [0.15, 0.2) is 0 Å². The molecule has 0 radical (unpaired) electrons. The molecule has 0 spiro atoms. The molecule has 2 N–H and O–H groups in total. The first kappa shape index (κ1) is 19.3. The molecule has 8 heteroatoms. The standard InChI is InChI=1S/C20H17F3N4O/c1-12-6-7-17(8-13(12)2)27-19-24-10-14(11-25-19)18(28)26-16-5-3-4-15(9-16)20(21,22)23/h3-11H,1-2H3,(H,26,28)(H,24,25,27). The maximum atomic E-state index is 12.8. The molecule has 1 amide bonds. The Balaban J connectivity index is 1.69. The molecule has 0 aliphatic carbocycles. The summed E-state index contributed by atoms with van der Waals surface area (Å²) in [5.74, 6) is -0.295. The first-order valence-electron chi connectivity index (χ1n) is 8.37. The molecule has 0 saturated heterocycles. The number of aromatic nitrogens is 2. The molecule has 0 atom stereocenters. The smallest absolute Gasteiger partial charge is 0.324 e. The van der Waals surface area contributed by atoms with Crippen LogP contribution in [0, 0.1) is 13.8 Å². The summed E-state index contributed by atoms with van der Waals surface area (Å²) in [7, 11) is 0. The fraction of sp³-hybridized carbons (Fsp3) is 0.150. The van der Waals surface area contributed by atoms with E-state index in [0.29, 0.717) is 5.95 Å². The van der Waals surface area contributed by atoms with E-state index in [1.54, 1.807) is 0 Å². The van der Waals surface area contributed by atoms with Gasteiger partial charge in [0.1, 0.15) is 0 Å². The van der Waals surface area contributed by atoms with Gasteiger partial charge in [-0.25, -0.2) is 9.97 Å². The van der Waals surface area contributed by atoms with Crippen LogP contribution in [0.15, 0.2) is 54.9 Å². The second-order valence-electron chi connectivity index (χ2n) is 6.25. The van der Waals surface area contributed by atoms with Gasteiger partial charge in [0.05, 0.1) is 11.1 Å². The van der Waals surface area contributed by atoms with Crippen LogP contribution in [0.3, 0.4) is 0 Å². The van der Waals surface area contributed by atoms with Gasteiger partial charge in [-0.15, -0.1) is 0 Å². The summed E-state index contributed by atoms with van der Waals surface area (Å²) in [6.07, 6.45) is -1.87. The molecule has 0 saturated carbocycles. The number of amides is 1. The third-order valence-electron chi connectivity index (χ3n) is 4.12. The maximum Gasteiger partial charge on any atom is 0.416 e. The lowest BCUT2D eigenvalue weighted by Gasteiger charge is -2.10. The van der Waals surface area contributed by atoms with E-state index in [4.69, 9.17) is 0 Å². The van der Waals surface area contributed by atoms with Gasteiger partial charge in [-0.1, -0.05) is 12.1 Å². The van der Waals surface area contributed by atoms with Crippen molar-refractivity contribution in [1.82, 2.24) is 9.97 Å². The zero-order valence-corrected chi connectivity index (χ0v) is 15.1. The summed E-state index contributed by atoms with van der Waals surface area (Å²) in [5, 5.41) is 5.45. The van der Waals surface area contributed by atoms with Crippen LogP contribution in [0.2, 0.25) is 0 Å². The predicted molar refractivity (Wildman–Crippen MR) is 101 cm³/mol. The quantitative estimate of drug-likeness (QED) is 0.654. The van der Waals surface area contributed by atoms with Crippen molar-refractivity contribution in [2.75, 3.05) is 10.6 Å². The van der Waals surface area contributed by atoms with E-state index in [0.717, 1.165) is 28.9 Å². The largest absolute Gasteiger partial charge is 0.416 e. The number of nitrogens with one attached hydrogen (secondary N) is 2. The van der Waals surface area contributed by atoms with Gasteiger partial charge in [-0.05, 0) is 55.3 Å². The van der Waals surface area contributed by atoms with Crippen molar-refractivity contribution in [2.45, 2.75) is 20.0 Å². The lowest BCUT2D eigenvalue weighted by atomic mass is 10.1. The molecule has 0 unspecified atom stereocenters. The molecule has 5 nitrogen and oxygen atoms in total. The Bertz CT molecular complexity index is 1000. The number of carbonyl (C=O) groups is 1. The molecule has 3 rings (SSSR count). The van der Waals surface area contributed by atoms with E-state index in [2.05, 4.69) is 20.6 Å².